The fraction of sp³-hybridized carbons (Fsp3) is 0.304. The van der Waals surface area contributed by atoms with Gasteiger partial charge in [-0.15, -0.1) is 0 Å². The van der Waals surface area contributed by atoms with Crippen molar-refractivity contribution in [2.75, 3.05) is 13.1 Å². The van der Waals surface area contributed by atoms with Gasteiger partial charge in [-0.1, -0.05) is 52.0 Å². The maximum atomic E-state index is 13.3. The fourth-order valence-corrected chi connectivity index (χ4v) is 5.04. The fourth-order valence-electron chi connectivity index (χ4n) is 4.21. The summed E-state index contributed by atoms with van der Waals surface area (Å²) in [5.41, 5.74) is 6.41. The Labute approximate surface area is 204 Å². The number of nitrogens with one attached hydrogen (secondary N) is 1. The van der Waals surface area contributed by atoms with E-state index in [1.54, 1.807) is 16.8 Å². The lowest BCUT2D eigenvalue weighted by Crippen LogP contribution is -2.43. The number of benzene rings is 2. The topological polar surface area (TPSA) is 59.4 Å². The molecule has 2 aliphatic heterocycles. The number of fused-ring (bicyclic) bond motifs is 3. The highest BCUT2D eigenvalue weighted by molar-refractivity contribution is 9.10. The number of rotatable bonds is 3. The molecule has 1 saturated heterocycles. The van der Waals surface area contributed by atoms with Gasteiger partial charge in [0, 0.05) is 33.7 Å². The molecule has 1 N–H and O–H groups in total. The molecule has 166 valence electrons. The van der Waals surface area contributed by atoms with Gasteiger partial charge in [-0.2, -0.15) is 5.10 Å². The molecule has 9 heteroatoms. The standard InChI is InChI=1S/C23H21BrCl2N4O2/c24-14-5-7-16-20(11-14)32-13-17-21(23(31)28-29-9-3-1-2-4-10-29)27-30(22(16)17)19-8-6-15(25)12-18(19)26/h5-8,11-12H,1-4,9-10,13H2,(H,28,31). The SMILES string of the molecule is O=C(NN1CCCCCC1)c1nn(-c2ccc(Cl)cc2Cl)c2c1COc1cc(Br)ccc1-2. The molecule has 0 unspecified atom stereocenters. The van der Waals surface area contributed by atoms with Gasteiger partial charge in [0.2, 0.25) is 0 Å². The van der Waals surface area contributed by atoms with Crippen molar-refractivity contribution in [1.29, 1.82) is 0 Å². The highest BCUT2D eigenvalue weighted by Gasteiger charge is 2.31. The smallest absolute Gasteiger partial charge is 0.286 e. The van der Waals surface area contributed by atoms with E-state index in [-0.39, 0.29) is 12.5 Å². The molecule has 0 spiro atoms. The van der Waals surface area contributed by atoms with E-state index in [4.69, 9.17) is 33.0 Å². The maximum absolute atomic E-state index is 13.3. The molecule has 1 aromatic heterocycles. The van der Waals surface area contributed by atoms with E-state index in [1.165, 1.54) is 12.8 Å². The lowest BCUT2D eigenvalue weighted by Gasteiger charge is -2.22. The van der Waals surface area contributed by atoms with Crippen molar-refractivity contribution >= 4 is 45.0 Å². The van der Waals surface area contributed by atoms with Crippen LogP contribution in [0.4, 0.5) is 0 Å². The third-order valence-corrected chi connectivity index (χ3v) is 6.80. The second kappa shape index (κ2) is 9.06. The number of halogens is 3. The summed E-state index contributed by atoms with van der Waals surface area (Å²) in [4.78, 5) is 13.3. The van der Waals surface area contributed by atoms with Crippen LogP contribution in [0, 0.1) is 0 Å². The number of carbonyl (C=O) groups is 1. The number of carbonyl (C=O) groups excluding carboxylic acids is 1. The van der Waals surface area contributed by atoms with E-state index in [1.807, 2.05) is 29.3 Å². The van der Waals surface area contributed by atoms with E-state index in [2.05, 4.69) is 21.4 Å². The largest absolute Gasteiger partial charge is 0.488 e. The minimum atomic E-state index is -0.240. The van der Waals surface area contributed by atoms with Gasteiger partial charge in [-0.25, -0.2) is 9.69 Å². The molecule has 6 nitrogen and oxygen atoms in total. The third kappa shape index (κ3) is 4.15. The van der Waals surface area contributed by atoms with Crippen LogP contribution in [-0.2, 0) is 6.61 Å². The molecule has 5 rings (SSSR count). The number of hydrazine groups is 1. The van der Waals surface area contributed by atoms with Gasteiger partial charge in [-0.05, 0) is 49.2 Å². The summed E-state index contributed by atoms with van der Waals surface area (Å²) in [7, 11) is 0. The first kappa shape index (κ1) is 21.8. The molecule has 1 amide bonds. The van der Waals surface area contributed by atoms with E-state index in [9.17, 15) is 4.79 Å². The van der Waals surface area contributed by atoms with Gasteiger partial charge >= 0.3 is 0 Å². The second-order valence-corrected chi connectivity index (χ2v) is 9.71. The number of ether oxygens (including phenoxy) is 1. The van der Waals surface area contributed by atoms with Crippen molar-refractivity contribution < 1.29 is 9.53 Å². The molecule has 2 aromatic carbocycles. The molecule has 32 heavy (non-hydrogen) atoms. The zero-order valence-corrected chi connectivity index (χ0v) is 20.3. The van der Waals surface area contributed by atoms with Crippen molar-refractivity contribution in [2.45, 2.75) is 32.3 Å². The lowest BCUT2D eigenvalue weighted by atomic mass is 10.0. The molecule has 0 bridgehead atoms. The highest BCUT2D eigenvalue weighted by atomic mass is 79.9. The van der Waals surface area contributed by atoms with Crippen LogP contribution >= 0.6 is 39.1 Å². The van der Waals surface area contributed by atoms with E-state index in [0.717, 1.165) is 53.0 Å². The lowest BCUT2D eigenvalue weighted by molar-refractivity contribution is 0.0786. The molecule has 3 aromatic rings. The summed E-state index contributed by atoms with van der Waals surface area (Å²) in [6, 6.07) is 11.0. The summed E-state index contributed by atoms with van der Waals surface area (Å²) in [5.74, 6) is 0.480. The van der Waals surface area contributed by atoms with Crippen LogP contribution in [0.15, 0.2) is 40.9 Å². The quantitative estimate of drug-likeness (QED) is 0.445. The monoisotopic (exact) mass is 534 g/mol. The summed E-state index contributed by atoms with van der Waals surface area (Å²) >= 11 is 16.1. The van der Waals surface area contributed by atoms with Crippen LogP contribution in [0.5, 0.6) is 5.75 Å². The Morgan fingerprint density at radius 2 is 1.84 bits per heavy atom. The first-order valence-electron chi connectivity index (χ1n) is 10.6. The van der Waals surface area contributed by atoms with Gasteiger partial charge in [0.15, 0.2) is 5.69 Å². The average molecular weight is 536 g/mol. The van der Waals surface area contributed by atoms with Crippen molar-refractivity contribution in [3.05, 3.63) is 62.2 Å². The van der Waals surface area contributed by atoms with Crippen molar-refractivity contribution in [1.82, 2.24) is 20.2 Å². The highest BCUT2D eigenvalue weighted by Crippen LogP contribution is 2.42. The van der Waals surface area contributed by atoms with Crippen molar-refractivity contribution in [3.63, 3.8) is 0 Å². The van der Waals surface area contributed by atoms with Gasteiger partial charge in [0.25, 0.3) is 5.91 Å². The third-order valence-electron chi connectivity index (χ3n) is 5.77. The van der Waals surface area contributed by atoms with Gasteiger partial charge in [0.05, 0.1) is 16.4 Å². The van der Waals surface area contributed by atoms with E-state index >= 15 is 0 Å². The molecule has 2 aliphatic rings. The van der Waals surface area contributed by atoms with Gasteiger partial charge in [0.1, 0.15) is 12.4 Å². The molecule has 0 aliphatic carbocycles. The Balaban J connectivity index is 1.61. The van der Waals surface area contributed by atoms with Gasteiger partial charge in [-0.3, -0.25) is 10.2 Å². The molecule has 0 atom stereocenters. The first-order chi connectivity index (χ1) is 15.5. The molecule has 0 radical (unpaired) electrons. The molecule has 0 saturated carbocycles. The van der Waals surface area contributed by atoms with Crippen LogP contribution in [0.25, 0.3) is 16.9 Å². The molecule has 1 fully saturated rings. The minimum Gasteiger partial charge on any atom is -0.488 e. The Bertz CT molecular complexity index is 1190. The predicted molar refractivity (Wildman–Crippen MR) is 129 cm³/mol. The Hall–Kier alpha value is -2.06. The Morgan fingerprint density at radius 1 is 1.06 bits per heavy atom. The van der Waals surface area contributed by atoms with Crippen LogP contribution in [0.1, 0.15) is 41.7 Å². The van der Waals surface area contributed by atoms with Crippen molar-refractivity contribution in [2.24, 2.45) is 0 Å². The number of hydrogen-bond acceptors (Lipinski definition) is 4. The first-order valence-corrected chi connectivity index (χ1v) is 12.1. The number of amides is 1. The van der Waals surface area contributed by atoms with Crippen LogP contribution in [-0.4, -0.2) is 33.8 Å². The van der Waals surface area contributed by atoms with Crippen LogP contribution in [0.3, 0.4) is 0 Å². The predicted octanol–water partition coefficient (Wildman–Crippen LogP) is 6.02. The van der Waals surface area contributed by atoms with Crippen LogP contribution in [0.2, 0.25) is 10.0 Å². The number of aromatic nitrogens is 2. The number of nitrogens with zero attached hydrogens (tertiary/aromatic N) is 3. The summed E-state index contributed by atoms with van der Waals surface area (Å²) in [5, 5.41) is 7.70. The van der Waals surface area contributed by atoms with E-state index < -0.39 is 0 Å². The molecular formula is C23H21BrCl2N4O2. The number of hydrogen-bond donors (Lipinski definition) is 1. The zero-order valence-electron chi connectivity index (χ0n) is 17.2. The Morgan fingerprint density at radius 3 is 2.59 bits per heavy atom. The molecule has 3 heterocycles. The second-order valence-electron chi connectivity index (χ2n) is 7.95. The maximum Gasteiger partial charge on any atom is 0.286 e. The average Bonchev–Trinajstić information content (AvgIpc) is 2.96. The van der Waals surface area contributed by atoms with E-state index in [0.29, 0.717) is 21.4 Å². The summed E-state index contributed by atoms with van der Waals surface area (Å²) in [6.45, 7) is 1.92. The summed E-state index contributed by atoms with van der Waals surface area (Å²) < 4.78 is 8.63. The molecular weight excluding hydrogens is 515 g/mol. The summed E-state index contributed by atoms with van der Waals surface area (Å²) in [6.07, 6.45) is 4.51. The zero-order chi connectivity index (χ0) is 22.2. The van der Waals surface area contributed by atoms with Crippen LogP contribution < -0.4 is 10.2 Å². The van der Waals surface area contributed by atoms with Gasteiger partial charge < -0.3 is 4.74 Å². The van der Waals surface area contributed by atoms with Crippen molar-refractivity contribution in [3.8, 4) is 22.7 Å². The normalized spacial score (nSPS) is 16.0. The minimum absolute atomic E-state index is 0.240. The Kier molecular flexibility index (Phi) is 6.16.